The maximum Gasteiger partial charge on any atom is 0.0473 e. The van der Waals surface area contributed by atoms with Gasteiger partial charge in [-0.2, -0.15) is 11.8 Å². The van der Waals surface area contributed by atoms with E-state index in [1.807, 2.05) is 6.07 Å². The molecule has 1 N–H and O–H groups in total. The first-order valence-corrected chi connectivity index (χ1v) is 8.64. The molecule has 2 atom stereocenters. The number of benzene rings is 1. The van der Waals surface area contributed by atoms with Gasteiger partial charge in [-0.05, 0) is 41.5 Å². The Morgan fingerprint density at radius 2 is 2.37 bits per heavy atom. The third-order valence-corrected chi connectivity index (χ3v) is 5.57. The second kappa shape index (κ2) is 6.49. The lowest BCUT2D eigenvalue weighted by Crippen LogP contribution is -2.47. The molecule has 2 heterocycles. The van der Waals surface area contributed by atoms with Crippen LogP contribution in [0.15, 0.2) is 24.3 Å². The van der Waals surface area contributed by atoms with Crippen LogP contribution in [0, 0.1) is 5.92 Å². The van der Waals surface area contributed by atoms with Crippen molar-refractivity contribution < 1.29 is 0 Å². The van der Waals surface area contributed by atoms with Gasteiger partial charge < -0.3 is 5.32 Å². The Bertz CT molecular complexity index is 420. The highest BCUT2D eigenvalue weighted by Crippen LogP contribution is 2.29. The summed E-state index contributed by atoms with van der Waals surface area (Å²) in [6, 6.07) is 8.84. The minimum absolute atomic E-state index is 0.484. The van der Waals surface area contributed by atoms with Gasteiger partial charge in [0.2, 0.25) is 0 Å². The van der Waals surface area contributed by atoms with Crippen LogP contribution in [0.25, 0.3) is 0 Å². The monoisotopic (exact) mass is 296 g/mol. The van der Waals surface area contributed by atoms with E-state index in [0.717, 1.165) is 30.6 Å². The van der Waals surface area contributed by atoms with Crippen LogP contribution in [0.5, 0.6) is 0 Å². The Morgan fingerprint density at radius 3 is 3.16 bits per heavy atom. The molecular formula is C15H21ClN2S. The Labute approximate surface area is 124 Å². The fourth-order valence-corrected chi connectivity index (χ4v) is 4.54. The van der Waals surface area contributed by atoms with Crippen molar-refractivity contribution in [2.75, 3.05) is 37.7 Å². The maximum absolute atomic E-state index is 6.14. The summed E-state index contributed by atoms with van der Waals surface area (Å²) in [5.41, 5.74) is 1.35. The summed E-state index contributed by atoms with van der Waals surface area (Å²) >= 11 is 8.25. The molecule has 2 aliphatic rings. The fraction of sp³-hybridized carbons (Fsp3) is 0.600. The van der Waals surface area contributed by atoms with Gasteiger partial charge in [-0.1, -0.05) is 23.7 Å². The molecule has 0 aliphatic carbocycles. The summed E-state index contributed by atoms with van der Waals surface area (Å²) in [5.74, 6) is 3.56. The zero-order valence-corrected chi connectivity index (χ0v) is 12.7. The molecule has 3 rings (SSSR count). The quantitative estimate of drug-likeness (QED) is 0.923. The van der Waals surface area contributed by atoms with Crippen molar-refractivity contribution in [3.05, 3.63) is 34.9 Å². The molecule has 0 radical (unpaired) electrons. The lowest BCUT2D eigenvalue weighted by atomic mass is 10.0. The summed E-state index contributed by atoms with van der Waals surface area (Å²) in [6.07, 6.45) is 1.39. The number of piperazine rings is 1. The second-order valence-corrected chi connectivity index (χ2v) is 7.09. The molecule has 0 amide bonds. The SMILES string of the molecule is Clc1cccc(C2CNCCN2CC2CCSC2)c1. The van der Waals surface area contributed by atoms with E-state index >= 15 is 0 Å². The summed E-state index contributed by atoms with van der Waals surface area (Å²) in [5, 5.41) is 4.36. The van der Waals surface area contributed by atoms with E-state index in [2.05, 4.69) is 40.2 Å². The highest BCUT2D eigenvalue weighted by Gasteiger charge is 2.27. The molecule has 0 saturated carbocycles. The molecule has 104 valence electrons. The first-order chi connectivity index (χ1) is 9.33. The van der Waals surface area contributed by atoms with E-state index < -0.39 is 0 Å². The van der Waals surface area contributed by atoms with Gasteiger partial charge in [0.1, 0.15) is 0 Å². The molecule has 2 saturated heterocycles. The van der Waals surface area contributed by atoms with Crippen LogP contribution in [-0.4, -0.2) is 42.6 Å². The van der Waals surface area contributed by atoms with E-state index in [4.69, 9.17) is 11.6 Å². The average Bonchev–Trinajstić information content (AvgIpc) is 2.92. The molecule has 2 unspecified atom stereocenters. The average molecular weight is 297 g/mol. The van der Waals surface area contributed by atoms with Crippen LogP contribution in [-0.2, 0) is 0 Å². The maximum atomic E-state index is 6.14. The number of halogens is 1. The van der Waals surface area contributed by atoms with E-state index in [1.54, 1.807) is 0 Å². The Hall–Kier alpha value is -0.220. The van der Waals surface area contributed by atoms with Gasteiger partial charge in [-0.15, -0.1) is 0 Å². The molecule has 2 nitrogen and oxygen atoms in total. The third kappa shape index (κ3) is 3.46. The van der Waals surface area contributed by atoms with Crippen LogP contribution >= 0.6 is 23.4 Å². The molecule has 0 aromatic heterocycles. The van der Waals surface area contributed by atoms with Crippen LogP contribution in [0.1, 0.15) is 18.0 Å². The van der Waals surface area contributed by atoms with Gasteiger partial charge in [0.05, 0.1) is 0 Å². The Kier molecular flexibility index (Phi) is 4.69. The lowest BCUT2D eigenvalue weighted by molar-refractivity contribution is 0.142. The van der Waals surface area contributed by atoms with E-state index in [1.165, 1.54) is 30.0 Å². The van der Waals surface area contributed by atoms with Crippen molar-refractivity contribution in [2.45, 2.75) is 12.5 Å². The smallest absolute Gasteiger partial charge is 0.0473 e. The normalized spacial score (nSPS) is 28.7. The minimum Gasteiger partial charge on any atom is -0.314 e. The molecule has 2 fully saturated rings. The molecule has 4 heteroatoms. The first-order valence-electron chi connectivity index (χ1n) is 7.11. The molecule has 0 spiro atoms. The van der Waals surface area contributed by atoms with Crippen molar-refractivity contribution in [2.24, 2.45) is 5.92 Å². The predicted molar refractivity (Wildman–Crippen MR) is 84.1 cm³/mol. The zero-order valence-electron chi connectivity index (χ0n) is 11.1. The van der Waals surface area contributed by atoms with Crippen molar-refractivity contribution in [3.63, 3.8) is 0 Å². The second-order valence-electron chi connectivity index (χ2n) is 5.50. The van der Waals surface area contributed by atoms with Crippen LogP contribution in [0.2, 0.25) is 5.02 Å². The zero-order chi connectivity index (χ0) is 13.1. The van der Waals surface area contributed by atoms with Gasteiger partial charge >= 0.3 is 0 Å². The highest BCUT2D eigenvalue weighted by atomic mass is 35.5. The summed E-state index contributed by atoms with van der Waals surface area (Å²) in [6.45, 7) is 4.54. The van der Waals surface area contributed by atoms with Crippen LogP contribution < -0.4 is 5.32 Å². The van der Waals surface area contributed by atoms with Gasteiger partial charge in [-0.3, -0.25) is 4.90 Å². The van der Waals surface area contributed by atoms with E-state index in [9.17, 15) is 0 Å². The standard InChI is InChI=1S/C15H21ClN2S/c16-14-3-1-2-13(8-14)15-9-17-5-6-18(15)10-12-4-7-19-11-12/h1-3,8,12,15,17H,4-7,9-11H2. The van der Waals surface area contributed by atoms with Crippen LogP contribution in [0.4, 0.5) is 0 Å². The first kappa shape index (κ1) is 13.7. The van der Waals surface area contributed by atoms with Crippen molar-refractivity contribution in [1.82, 2.24) is 10.2 Å². The van der Waals surface area contributed by atoms with Gasteiger partial charge in [0.25, 0.3) is 0 Å². The largest absolute Gasteiger partial charge is 0.314 e. The summed E-state index contributed by atoms with van der Waals surface area (Å²) < 4.78 is 0. The van der Waals surface area contributed by atoms with E-state index in [-0.39, 0.29) is 0 Å². The number of rotatable bonds is 3. The van der Waals surface area contributed by atoms with Gasteiger partial charge in [0, 0.05) is 37.2 Å². The topological polar surface area (TPSA) is 15.3 Å². The molecule has 1 aromatic rings. The van der Waals surface area contributed by atoms with E-state index in [0.29, 0.717) is 6.04 Å². The molecule has 0 bridgehead atoms. The number of nitrogens with zero attached hydrogens (tertiary/aromatic N) is 1. The lowest BCUT2D eigenvalue weighted by Gasteiger charge is -2.38. The van der Waals surface area contributed by atoms with Crippen molar-refractivity contribution in [1.29, 1.82) is 0 Å². The molecule has 1 aromatic carbocycles. The number of nitrogens with one attached hydrogen (secondary N) is 1. The third-order valence-electron chi connectivity index (χ3n) is 4.10. The summed E-state index contributed by atoms with van der Waals surface area (Å²) in [4.78, 5) is 2.65. The van der Waals surface area contributed by atoms with Crippen molar-refractivity contribution in [3.8, 4) is 0 Å². The van der Waals surface area contributed by atoms with Crippen LogP contribution in [0.3, 0.4) is 0 Å². The van der Waals surface area contributed by atoms with Gasteiger partial charge in [-0.25, -0.2) is 0 Å². The minimum atomic E-state index is 0.484. The molecule has 2 aliphatic heterocycles. The predicted octanol–water partition coefficient (Wildman–Crippen LogP) is 3.04. The molecule has 19 heavy (non-hydrogen) atoms. The number of hydrogen-bond acceptors (Lipinski definition) is 3. The fourth-order valence-electron chi connectivity index (χ4n) is 3.07. The Balaban J connectivity index is 1.72. The molecular weight excluding hydrogens is 276 g/mol. The summed E-state index contributed by atoms with van der Waals surface area (Å²) in [7, 11) is 0. The highest BCUT2D eigenvalue weighted by molar-refractivity contribution is 7.99. The number of hydrogen-bond donors (Lipinski definition) is 1. The Morgan fingerprint density at radius 1 is 1.42 bits per heavy atom. The van der Waals surface area contributed by atoms with Crippen molar-refractivity contribution >= 4 is 23.4 Å². The number of thioether (sulfide) groups is 1. The van der Waals surface area contributed by atoms with Gasteiger partial charge in [0.15, 0.2) is 0 Å².